The van der Waals surface area contributed by atoms with Gasteiger partial charge in [-0.05, 0) is 54.3 Å². The van der Waals surface area contributed by atoms with Crippen LogP contribution < -0.4 is 4.74 Å². The maximum absolute atomic E-state index is 13.0. The Morgan fingerprint density at radius 3 is 2.72 bits per heavy atom. The SMILES string of the molecule is Cc1c(Cc2ccc(-n3cccn3)cc2)cc2c(c1Cl)OCC(C)CN(C)C2=O. The fourth-order valence-corrected chi connectivity index (χ4v) is 3.98. The van der Waals surface area contributed by atoms with Crippen LogP contribution in [0.5, 0.6) is 5.75 Å². The Labute approximate surface area is 175 Å². The van der Waals surface area contributed by atoms with Gasteiger partial charge < -0.3 is 9.64 Å². The molecule has 2 heterocycles. The zero-order chi connectivity index (χ0) is 20.5. The van der Waals surface area contributed by atoms with Crippen LogP contribution in [-0.2, 0) is 6.42 Å². The number of carbonyl (C=O) groups excluding carboxylic acids is 1. The Bertz CT molecular complexity index is 1030. The fraction of sp³-hybridized carbons (Fsp3) is 0.304. The molecular formula is C23H24ClN3O2. The van der Waals surface area contributed by atoms with Gasteiger partial charge in [-0.15, -0.1) is 0 Å². The Hall–Kier alpha value is -2.79. The van der Waals surface area contributed by atoms with Gasteiger partial charge in [0.15, 0.2) is 5.75 Å². The zero-order valence-corrected chi connectivity index (χ0v) is 17.6. The van der Waals surface area contributed by atoms with Crippen LogP contribution in [0.3, 0.4) is 0 Å². The summed E-state index contributed by atoms with van der Waals surface area (Å²) in [5.74, 6) is 0.704. The lowest BCUT2D eigenvalue weighted by Gasteiger charge is -2.28. The molecule has 0 saturated carbocycles. The van der Waals surface area contributed by atoms with Crippen molar-refractivity contribution in [1.82, 2.24) is 14.7 Å². The summed E-state index contributed by atoms with van der Waals surface area (Å²) >= 11 is 6.65. The second kappa shape index (κ2) is 7.91. The first-order valence-electron chi connectivity index (χ1n) is 9.73. The summed E-state index contributed by atoms with van der Waals surface area (Å²) in [5, 5.41) is 4.78. The van der Waals surface area contributed by atoms with Crippen LogP contribution in [0.1, 0.15) is 34.0 Å². The summed E-state index contributed by atoms with van der Waals surface area (Å²) in [6.07, 6.45) is 4.36. The highest BCUT2D eigenvalue weighted by Crippen LogP contribution is 2.37. The molecule has 0 fully saturated rings. The van der Waals surface area contributed by atoms with Crippen LogP contribution in [0.2, 0.25) is 5.02 Å². The smallest absolute Gasteiger partial charge is 0.257 e. The molecular weight excluding hydrogens is 386 g/mol. The van der Waals surface area contributed by atoms with Crippen molar-refractivity contribution >= 4 is 17.5 Å². The first kappa shape index (κ1) is 19.5. The molecule has 0 spiro atoms. The summed E-state index contributed by atoms with van der Waals surface area (Å²) in [7, 11) is 1.83. The second-order valence-electron chi connectivity index (χ2n) is 7.75. The minimum Gasteiger partial charge on any atom is -0.491 e. The molecule has 0 N–H and O–H groups in total. The van der Waals surface area contributed by atoms with Crippen molar-refractivity contribution < 1.29 is 9.53 Å². The first-order chi connectivity index (χ1) is 13.9. The zero-order valence-electron chi connectivity index (χ0n) is 16.9. The lowest BCUT2D eigenvalue weighted by molar-refractivity contribution is 0.0732. The predicted octanol–water partition coefficient (Wildman–Crippen LogP) is 4.53. The average Bonchev–Trinajstić information content (AvgIpc) is 3.24. The largest absolute Gasteiger partial charge is 0.491 e. The number of rotatable bonds is 3. The van der Waals surface area contributed by atoms with Crippen LogP contribution in [0.15, 0.2) is 48.8 Å². The molecule has 2 aromatic carbocycles. The van der Waals surface area contributed by atoms with Crippen molar-refractivity contribution in [3.05, 3.63) is 76.1 Å². The van der Waals surface area contributed by atoms with Crippen LogP contribution in [0.4, 0.5) is 0 Å². The number of amides is 1. The molecule has 29 heavy (non-hydrogen) atoms. The minimum absolute atomic E-state index is 0.0521. The van der Waals surface area contributed by atoms with Crippen molar-refractivity contribution in [3.8, 4) is 11.4 Å². The van der Waals surface area contributed by atoms with Crippen molar-refractivity contribution in [2.24, 2.45) is 5.92 Å². The monoisotopic (exact) mass is 409 g/mol. The Morgan fingerprint density at radius 1 is 1.28 bits per heavy atom. The summed E-state index contributed by atoms with van der Waals surface area (Å²) in [4.78, 5) is 14.7. The molecule has 0 aliphatic carbocycles. The van der Waals surface area contributed by atoms with Gasteiger partial charge in [0.1, 0.15) is 0 Å². The first-order valence-corrected chi connectivity index (χ1v) is 10.1. The maximum Gasteiger partial charge on any atom is 0.257 e. The van der Waals surface area contributed by atoms with E-state index in [0.717, 1.165) is 22.4 Å². The van der Waals surface area contributed by atoms with Crippen molar-refractivity contribution in [2.45, 2.75) is 20.3 Å². The fourth-order valence-electron chi connectivity index (χ4n) is 3.70. The summed E-state index contributed by atoms with van der Waals surface area (Å²) in [6.45, 7) is 5.25. The number of hydrogen-bond acceptors (Lipinski definition) is 3. The lowest BCUT2D eigenvalue weighted by Crippen LogP contribution is -2.35. The number of hydrogen-bond donors (Lipinski definition) is 0. The molecule has 0 saturated heterocycles. The molecule has 150 valence electrons. The van der Waals surface area contributed by atoms with Gasteiger partial charge in [0.2, 0.25) is 0 Å². The molecule has 3 aromatic rings. The summed E-state index contributed by atoms with van der Waals surface area (Å²) in [5.41, 5.74) is 4.66. The Kier molecular flexibility index (Phi) is 5.33. The van der Waals surface area contributed by atoms with Crippen LogP contribution in [0, 0.1) is 12.8 Å². The van der Waals surface area contributed by atoms with Crippen LogP contribution in [-0.4, -0.2) is 40.8 Å². The van der Waals surface area contributed by atoms with Crippen LogP contribution in [0.25, 0.3) is 5.69 Å². The predicted molar refractivity (Wildman–Crippen MR) is 114 cm³/mol. The molecule has 4 rings (SSSR count). The van der Waals surface area contributed by atoms with Gasteiger partial charge in [0.05, 0.1) is 22.9 Å². The van der Waals surface area contributed by atoms with E-state index in [2.05, 4.69) is 24.2 Å². The summed E-state index contributed by atoms with van der Waals surface area (Å²) < 4.78 is 7.77. The topological polar surface area (TPSA) is 47.4 Å². The van der Waals surface area contributed by atoms with E-state index in [4.69, 9.17) is 16.3 Å². The normalized spacial score (nSPS) is 16.8. The van der Waals surface area contributed by atoms with E-state index < -0.39 is 0 Å². The van der Waals surface area contributed by atoms with Gasteiger partial charge in [-0.2, -0.15) is 5.10 Å². The number of aromatic nitrogens is 2. The number of carbonyl (C=O) groups is 1. The Balaban J connectivity index is 1.67. The van der Waals surface area contributed by atoms with Crippen LogP contribution >= 0.6 is 11.6 Å². The van der Waals surface area contributed by atoms with Crippen molar-refractivity contribution in [3.63, 3.8) is 0 Å². The third kappa shape index (κ3) is 3.87. The number of ether oxygens (including phenoxy) is 1. The van der Waals surface area contributed by atoms with E-state index in [9.17, 15) is 4.79 Å². The van der Waals surface area contributed by atoms with E-state index >= 15 is 0 Å². The average molecular weight is 410 g/mol. The van der Waals surface area contributed by atoms with E-state index in [1.165, 1.54) is 0 Å². The molecule has 5 nitrogen and oxygen atoms in total. The van der Waals surface area contributed by atoms with E-state index in [1.54, 1.807) is 11.1 Å². The van der Waals surface area contributed by atoms with Gasteiger partial charge in [-0.1, -0.05) is 30.7 Å². The highest BCUT2D eigenvalue weighted by Gasteiger charge is 2.26. The van der Waals surface area contributed by atoms with E-state index in [0.29, 0.717) is 35.9 Å². The number of nitrogens with zero attached hydrogens (tertiary/aromatic N) is 3. The van der Waals surface area contributed by atoms with Gasteiger partial charge in [0, 0.05) is 31.9 Å². The molecule has 0 radical (unpaired) electrons. The van der Waals surface area contributed by atoms with Gasteiger partial charge >= 0.3 is 0 Å². The van der Waals surface area contributed by atoms with Gasteiger partial charge in [0.25, 0.3) is 5.91 Å². The molecule has 1 aromatic heterocycles. The van der Waals surface area contributed by atoms with Gasteiger partial charge in [-0.3, -0.25) is 4.79 Å². The highest BCUT2D eigenvalue weighted by atomic mass is 35.5. The number of fused-ring (bicyclic) bond motifs is 1. The molecule has 1 atom stereocenters. The quantitative estimate of drug-likeness (QED) is 0.638. The van der Waals surface area contributed by atoms with Crippen molar-refractivity contribution in [2.75, 3.05) is 20.2 Å². The molecule has 1 unspecified atom stereocenters. The van der Waals surface area contributed by atoms with E-state index in [-0.39, 0.29) is 11.8 Å². The number of halogens is 1. The highest BCUT2D eigenvalue weighted by molar-refractivity contribution is 6.33. The third-order valence-electron chi connectivity index (χ3n) is 5.35. The standard InChI is InChI=1S/C23H24ClN3O2/c1-15-13-26(3)23(28)20-12-18(16(2)21(24)22(20)29-14-15)11-17-5-7-19(8-6-17)27-10-4-9-25-27/h4-10,12,15H,11,13-14H2,1-3H3. The van der Waals surface area contributed by atoms with Crippen molar-refractivity contribution in [1.29, 1.82) is 0 Å². The molecule has 1 amide bonds. The second-order valence-corrected chi connectivity index (χ2v) is 8.13. The maximum atomic E-state index is 13.0. The van der Waals surface area contributed by atoms with Gasteiger partial charge in [-0.25, -0.2) is 4.68 Å². The Morgan fingerprint density at radius 2 is 2.03 bits per heavy atom. The third-order valence-corrected chi connectivity index (χ3v) is 5.80. The van der Waals surface area contributed by atoms with E-state index in [1.807, 2.05) is 49.1 Å². The molecule has 1 aliphatic heterocycles. The molecule has 6 heteroatoms. The molecule has 0 bridgehead atoms. The lowest BCUT2D eigenvalue weighted by atomic mass is 9.96. The summed E-state index contributed by atoms with van der Waals surface area (Å²) in [6, 6.07) is 12.1. The minimum atomic E-state index is -0.0521. The number of benzene rings is 2. The molecule has 1 aliphatic rings.